The normalized spacial score (nSPS) is 43.4. The molecule has 0 N–H and O–H groups in total. The second-order valence-electron chi connectivity index (χ2n) is 4.90. The van der Waals surface area contributed by atoms with Crippen molar-refractivity contribution in [3.05, 3.63) is 0 Å². The molecular weight excluding hydrogens is 156 g/mol. The summed E-state index contributed by atoms with van der Waals surface area (Å²) in [6.45, 7) is 4.39. The first-order valence-electron chi connectivity index (χ1n) is 4.72. The molecule has 2 saturated carbocycles. The van der Waals surface area contributed by atoms with Crippen molar-refractivity contribution in [2.75, 3.05) is 0 Å². The summed E-state index contributed by atoms with van der Waals surface area (Å²) in [5.74, 6) is 1.02. The number of rotatable bonds is 1. The number of hydrogen-bond acceptors (Lipinski definition) is 0. The lowest BCUT2D eigenvalue weighted by atomic mass is 9.74. The minimum absolute atomic E-state index is 0.0399. The first-order chi connectivity index (χ1) is 5.04. The molecule has 2 fully saturated rings. The summed E-state index contributed by atoms with van der Waals surface area (Å²) in [7, 11) is 0. The molecule has 0 saturated heterocycles. The van der Waals surface area contributed by atoms with Crippen molar-refractivity contribution in [3.8, 4) is 0 Å². The number of halogens is 1. The Morgan fingerprint density at radius 2 is 1.82 bits per heavy atom. The lowest BCUT2D eigenvalue weighted by molar-refractivity contribution is 0.222. The van der Waals surface area contributed by atoms with Gasteiger partial charge in [-0.1, -0.05) is 0 Å². The molecule has 0 atom stereocenters. The van der Waals surface area contributed by atoms with Gasteiger partial charge in [-0.25, -0.2) is 0 Å². The molecule has 11 heavy (non-hydrogen) atoms. The molecule has 0 aliphatic heterocycles. The third-order valence-electron chi connectivity index (χ3n) is 4.00. The summed E-state index contributed by atoms with van der Waals surface area (Å²) in [6, 6.07) is 0. The maximum atomic E-state index is 6.42. The van der Waals surface area contributed by atoms with Gasteiger partial charge in [-0.15, -0.1) is 11.6 Å². The molecule has 2 aliphatic carbocycles. The summed E-state index contributed by atoms with van der Waals surface area (Å²) in [5, 5.41) is 0. The zero-order valence-electron chi connectivity index (χ0n) is 7.49. The summed E-state index contributed by atoms with van der Waals surface area (Å²) in [6.07, 6.45) is 7.05. The zero-order valence-corrected chi connectivity index (χ0v) is 8.25. The van der Waals surface area contributed by atoms with Gasteiger partial charge >= 0.3 is 0 Å². The van der Waals surface area contributed by atoms with E-state index < -0.39 is 0 Å². The molecule has 0 aromatic carbocycles. The van der Waals surface area contributed by atoms with Crippen LogP contribution in [-0.2, 0) is 0 Å². The smallest absolute Gasteiger partial charge is 0.0446 e. The van der Waals surface area contributed by atoms with E-state index in [4.69, 9.17) is 11.6 Å². The predicted molar refractivity (Wildman–Crippen MR) is 48.9 cm³/mol. The molecule has 0 nitrogen and oxygen atoms in total. The van der Waals surface area contributed by atoms with Crippen LogP contribution in [0.25, 0.3) is 0 Å². The van der Waals surface area contributed by atoms with Crippen LogP contribution >= 0.6 is 11.6 Å². The fourth-order valence-electron chi connectivity index (χ4n) is 3.03. The van der Waals surface area contributed by atoms with Gasteiger partial charge in [-0.3, -0.25) is 0 Å². The molecule has 0 unspecified atom stereocenters. The highest BCUT2D eigenvalue weighted by Crippen LogP contribution is 2.61. The summed E-state index contributed by atoms with van der Waals surface area (Å²) in [4.78, 5) is 0.0399. The molecule has 64 valence electrons. The van der Waals surface area contributed by atoms with Crippen LogP contribution in [0, 0.1) is 11.3 Å². The molecule has 2 rings (SSSR count). The van der Waals surface area contributed by atoms with Gasteiger partial charge in [0.25, 0.3) is 0 Å². The predicted octanol–water partition coefficient (Wildman–Crippen LogP) is 3.58. The molecule has 2 aliphatic rings. The van der Waals surface area contributed by atoms with Gasteiger partial charge in [0.2, 0.25) is 0 Å². The van der Waals surface area contributed by atoms with Crippen LogP contribution in [-0.4, -0.2) is 4.87 Å². The minimum atomic E-state index is 0.0399. The van der Waals surface area contributed by atoms with Gasteiger partial charge < -0.3 is 0 Å². The van der Waals surface area contributed by atoms with Crippen molar-refractivity contribution in [2.45, 2.75) is 50.8 Å². The molecule has 0 amide bonds. The van der Waals surface area contributed by atoms with E-state index >= 15 is 0 Å². The second kappa shape index (κ2) is 2.16. The highest BCUT2D eigenvalue weighted by Gasteiger charge is 2.52. The van der Waals surface area contributed by atoms with E-state index in [9.17, 15) is 0 Å². The number of hydrogen-bond donors (Lipinski definition) is 0. The van der Waals surface area contributed by atoms with Crippen molar-refractivity contribution in [1.82, 2.24) is 0 Å². The Labute approximate surface area is 74.3 Å². The van der Waals surface area contributed by atoms with E-state index in [0.717, 1.165) is 5.92 Å². The van der Waals surface area contributed by atoms with Crippen LogP contribution in [0.1, 0.15) is 46.0 Å². The summed E-state index contributed by atoms with van der Waals surface area (Å²) < 4.78 is 0. The van der Waals surface area contributed by atoms with Gasteiger partial charge in [0.15, 0.2) is 0 Å². The van der Waals surface area contributed by atoms with E-state index in [0.29, 0.717) is 5.41 Å². The molecule has 0 aromatic heterocycles. The quantitative estimate of drug-likeness (QED) is 0.531. The Morgan fingerprint density at radius 1 is 1.27 bits per heavy atom. The largest absolute Gasteiger partial charge is 0.119 e. The lowest BCUT2D eigenvalue weighted by Crippen LogP contribution is -2.35. The molecule has 0 spiro atoms. The van der Waals surface area contributed by atoms with Crippen molar-refractivity contribution in [3.63, 3.8) is 0 Å². The molecule has 0 heterocycles. The Kier molecular flexibility index (Phi) is 1.55. The second-order valence-corrected chi connectivity index (χ2v) is 5.85. The van der Waals surface area contributed by atoms with E-state index in [1.54, 1.807) is 0 Å². The van der Waals surface area contributed by atoms with Crippen molar-refractivity contribution in [2.24, 2.45) is 11.3 Å². The van der Waals surface area contributed by atoms with Crippen LogP contribution in [0.3, 0.4) is 0 Å². The van der Waals surface area contributed by atoms with Crippen LogP contribution in [0.5, 0.6) is 0 Å². The van der Waals surface area contributed by atoms with Gasteiger partial charge in [0.05, 0.1) is 0 Å². The van der Waals surface area contributed by atoms with Crippen LogP contribution in [0.15, 0.2) is 0 Å². The third kappa shape index (κ3) is 1.02. The van der Waals surface area contributed by atoms with E-state index in [1.807, 2.05) is 0 Å². The molecule has 0 radical (unpaired) electrons. The van der Waals surface area contributed by atoms with E-state index in [2.05, 4.69) is 13.8 Å². The maximum absolute atomic E-state index is 6.42. The van der Waals surface area contributed by atoms with Gasteiger partial charge in [-0.2, -0.15) is 0 Å². The maximum Gasteiger partial charge on any atom is 0.0446 e. The molecule has 2 bridgehead atoms. The van der Waals surface area contributed by atoms with E-state index in [1.165, 1.54) is 32.1 Å². The van der Waals surface area contributed by atoms with Crippen molar-refractivity contribution >= 4 is 11.6 Å². The Morgan fingerprint density at radius 3 is 2.00 bits per heavy atom. The molecular formula is C10H17Cl. The topological polar surface area (TPSA) is 0 Å². The average Bonchev–Trinajstić information content (AvgIpc) is 2.42. The summed E-state index contributed by atoms with van der Waals surface area (Å²) >= 11 is 6.42. The Bertz CT molecular complexity index is 158. The van der Waals surface area contributed by atoms with Gasteiger partial charge in [0.1, 0.15) is 0 Å². The minimum Gasteiger partial charge on any atom is -0.119 e. The highest BCUT2D eigenvalue weighted by atomic mass is 35.5. The lowest BCUT2D eigenvalue weighted by Gasteiger charge is -2.38. The standard InChI is InChI=1S/C10H17Cl/c1-9(2,11)10-5-3-8(7-10)4-6-10/h8H,3-7H2,1-2H3. The Balaban J connectivity index is 2.23. The molecule has 0 aromatic rings. The van der Waals surface area contributed by atoms with Crippen LogP contribution in [0.4, 0.5) is 0 Å². The SMILES string of the molecule is CC(C)(Cl)C12CCC(CC1)C2. The Hall–Kier alpha value is 0.290. The third-order valence-corrected chi connectivity index (χ3v) is 4.40. The summed E-state index contributed by atoms with van der Waals surface area (Å²) in [5.41, 5.74) is 0.513. The van der Waals surface area contributed by atoms with Gasteiger partial charge in [0, 0.05) is 4.87 Å². The number of fused-ring (bicyclic) bond motifs is 2. The fraction of sp³-hybridized carbons (Fsp3) is 1.00. The van der Waals surface area contributed by atoms with Crippen LogP contribution in [0.2, 0.25) is 0 Å². The van der Waals surface area contributed by atoms with Crippen molar-refractivity contribution in [1.29, 1.82) is 0 Å². The monoisotopic (exact) mass is 172 g/mol. The van der Waals surface area contributed by atoms with Crippen LogP contribution < -0.4 is 0 Å². The van der Waals surface area contributed by atoms with Crippen molar-refractivity contribution < 1.29 is 0 Å². The first-order valence-corrected chi connectivity index (χ1v) is 5.10. The average molecular weight is 173 g/mol. The molecule has 1 heteroatoms. The highest BCUT2D eigenvalue weighted by molar-refractivity contribution is 6.24. The van der Waals surface area contributed by atoms with Gasteiger partial charge in [-0.05, 0) is 57.3 Å². The fourth-order valence-corrected chi connectivity index (χ4v) is 3.29. The van der Waals surface area contributed by atoms with E-state index in [-0.39, 0.29) is 4.87 Å². The number of alkyl halides is 1. The first kappa shape index (κ1) is 7.91. The zero-order chi connectivity index (χ0) is 8.11.